The fraction of sp³-hybridized carbons (Fsp3) is 0.538. The first-order valence-corrected chi connectivity index (χ1v) is 7.79. The molecule has 6 heteroatoms. The van der Waals surface area contributed by atoms with Crippen molar-refractivity contribution < 1.29 is 8.42 Å². The molecule has 1 saturated heterocycles. The lowest BCUT2D eigenvalue weighted by atomic mass is 10.2. The van der Waals surface area contributed by atoms with Crippen LogP contribution in [-0.4, -0.2) is 50.8 Å². The Balaban J connectivity index is 2.34. The Morgan fingerprint density at radius 2 is 2.05 bits per heavy atom. The molecular formula is C13H21N3O2S. The Bertz CT molecular complexity index is 549. The van der Waals surface area contributed by atoms with E-state index in [0.29, 0.717) is 24.3 Å². The maximum Gasteiger partial charge on any atom is 0.245 e. The molecule has 19 heavy (non-hydrogen) atoms. The van der Waals surface area contributed by atoms with Crippen LogP contribution in [0.1, 0.15) is 12.0 Å². The van der Waals surface area contributed by atoms with E-state index in [-0.39, 0.29) is 10.9 Å². The van der Waals surface area contributed by atoms with Gasteiger partial charge in [0.1, 0.15) is 4.90 Å². The zero-order chi connectivity index (χ0) is 14.2. The smallest absolute Gasteiger partial charge is 0.245 e. The van der Waals surface area contributed by atoms with Crippen LogP contribution in [0, 0.1) is 6.92 Å². The van der Waals surface area contributed by atoms with Crippen molar-refractivity contribution in [2.45, 2.75) is 24.3 Å². The number of hydrogen-bond donors (Lipinski definition) is 1. The van der Waals surface area contributed by atoms with Crippen LogP contribution in [0.25, 0.3) is 0 Å². The monoisotopic (exact) mass is 283 g/mol. The lowest BCUT2D eigenvalue weighted by molar-refractivity contribution is 0.302. The van der Waals surface area contributed by atoms with Crippen molar-refractivity contribution in [1.29, 1.82) is 0 Å². The predicted molar refractivity (Wildman–Crippen MR) is 76.4 cm³/mol. The molecule has 1 fully saturated rings. The number of nitrogen functional groups attached to an aromatic ring is 1. The number of benzene rings is 1. The first-order chi connectivity index (χ1) is 8.84. The number of likely N-dealkylation sites (N-methyl/N-ethyl adjacent to an activating group) is 1. The van der Waals surface area contributed by atoms with E-state index in [0.717, 1.165) is 6.42 Å². The summed E-state index contributed by atoms with van der Waals surface area (Å²) in [5.41, 5.74) is 6.88. The zero-order valence-electron chi connectivity index (χ0n) is 11.6. The quantitative estimate of drug-likeness (QED) is 0.837. The Hall–Kier alpha value is -1.11. The Labute approximate surface area is 115 Å². The topological polar surface area (TPSA) is 66.6 Å². The average molecular weight is 283 g/mol. The maximum absolute atomic E-state index is 12.7. The van der Waals surface area contributed by atoms with Gasteiger partial charge in [-0.1, -0.05) is 12.1 Å². The molecule has 1 unspecified atom stereocenters. The van der Waals surface area contributed by atoms with Gasteiger partial charge in [-0.2, -0.15) is 4.31 Å². The van der Waals surface area contributed by atoms with Crippen molar-refractivity contribution in [1.82, 2.24) is 9.21 Å². The molecule has 1 aliphatic heterocycles. The van der Waals surface area contributed by atoms with Crippen molar-refractivity contribution in [2.75, 3.05) is 32.9 Å². The number of sulfonamides is 1. The molecule has 0 aromatic heterocycles. The van der Waals surface area contributed by atoms with E-state index < -0.39 is 10.0 Å². The molecule has 0 saturated carbocycles. The van der Waals surface area contributed by atoms with E-state index in [1.54, 1.807) is 25.1 Å². The fourth-order valence-corrected chi connectivity index (χ4v) is 4.32. The van der Waals surface area contributed by atoms with Crippen molar-refractivity contribution in [2.24, 2.45) is 0 Å². The van der Waals surface area contributed by atoms with Crippen molar-refractivity contribution in [3.63, 3.8) is 0 Å². The molecule has 5 nitrogen and oxygen atoms in total. The van der Waals surface area contributed by atoms with Crippen LogP contribution in [0.4, 0.5) is 5.69 Å². The number of aryl methyl sites for hydroxylation is 1. The minimum Gasteiger partial charge on any atom is -0.398 e. The van der Waals surface area contributed by atoms with E-state index >= 15 is 0 Å². The highest BCUT2D eigenvalue weighted by Crippen LogP contribution is 2.28. The summed E-state index contributed by atoms with van der Waals surface area (Å²) in [6.45, 7) is 2.87. The molecule has 0 spiro atoms. The summed E-state index contributed by atoms with van der Waals surface area (Å²) in [4.78, 5) is 2.32. The summed E-state index contributed by atoms with van der Waals surface area (Å²) in [6, 6.07) is 5.47. The number of anilines is 1. The molecule has 0 radical (unpaired) electrons. The molecule has 2 N–H and O–H groups in total. The van der Waals surface area contributed by atoms with Gasteiger partial charge < -0.3 is 10.6 Å². The third kappa shape index (κ3) is 2.61. The van der Waals surface area contributed by atoms with Gasteiger partial charge in [-0.05, 0) is 39.1 Å². The first-order valence-electron chi connectivity index (χ1n) is 6.35. The Morgan fingerprint density at radius 3 is 2.58 bits per heavy atom. The van der Waals surface area contributed by atoms with Gasteiger partial charge in [0.05, 0.1) is 5.69 Å². The standard InChI is InChI=1S/C13H21N3O2S/c1-10-5-4-6-12(14)13(10)19(17,18)16-8-7-11(9-16)15(2)3/h4-6,11H,7-9,14H2,1-3H3. The summed E-state index contributed by atoms with van der Waals surface area (Å²) in [5.74, 6) is 0. The fourth-order valence-electron chi connectivity index (χ4n) is 2.51. The Kier molecular flexibility index (Phi) is 3.85. The van der Waals surface area contributed by atoms with Crippen LogP contribution in [0.5, 0.6) is 0 Å². The van der Waals surface area contributed by atoms with Gasteiger partial charge in [0.2, 0.25) is 10.0 Å². The molecule has 1 heterocycles. The number of rotatable bonds is 3. The highest BCUT2D eigenvalue weighted by Gasteiger charge is 2.35. The minimum atomic E-state index is -3.48. The number of nitrogens with two attached hydrogens (primary N) is 1. The molecule has 0 aliphatic carbocycles. The van der Waals surface area contributed by atoms with Crippen LogP contribution < -0.4 is 5.73 Å². The van der Waals surface area contributed by atoms with E-state index in [1.165, 1.54) is 4.31 Å². The lowest BCUT2D eigenvalue weighted by Gasteiger charge is -2.21. The van der Waals surface area contributed by atoms with Gasteiger partial charge in [-0.25, -0.2) is 8.42 Å². The van der Waals surface area contributed by atoms with Gasteiger partial charge in [0.25, 0.3) is 0 Å². The number of hydrogen-bond acceptors (Lipinski definition) is 4. The van der Waals surface area contributed by atoms with E-state index in [1.807, 2.05) is 14.1 Å². The normalized spacial score (nSPS) is 21.2. The molecular weight excluding hydrogens is 262 g/mol. The number of nitrogens with zero attached hydrogens (tertiary/aromatic N) is 2. The van der Waals surface area contributed by atoms with Gasteiger partial charge >= 0.3 is 0 Å². The molecule has 1 aliphatic rings. The zero-order valence-corrected chi connectivity index (χ0v) is 12.4. The minimum absolute atomic E-state index is 0.259. The first kappa shape index (κ1) is 14.3. The molecule has 1 atom stereocenters. The van der Waals surface area contributed by atoms with Crippen molar-refractivity contribution in [3.8, 4) is 0 Å². The molecule has 1 aromatic carbocycles. The third-order valence-electron chi connectivity index (χ3n) is 3.70. The van der Waals surface area contributed by atoms with Crippen LogP contribution in [0.2, 0.25) is 0 Å². The van der Waals surface area contributed by atoms with Crippen LogP contribution in [-0.2, 0) is 10.0 Å². The molecule has 0 amide bonds. The largest absolute Gasteiger partial charge is 0.398 e. The molecule has 1 aromatic rings. The van der Waals surface area contributed by atoms with Gasteiger partial charge in [-0.3, -0.25) is 0 Å². The summed E-state index contributed by atoms with van der Waals surface area (Å²) in [7, 11) is 0.465. The van der Waals surface area contributed by atoms with Gasteiger partial charge in [-0.15, -0.1) is 0 Å². The Morgan fingerprint density at radius 1 is 1.37 bits per heavy atom. The maximum atomic E-state index is 12.7. The van der Waals surface area contributed by atoms with Gasteiger partial charge in [0, 0.05) is 19.1 Å². The molecule has 0 bridgehead atoms. The second-order valence-corrected chi connectivity index (χ2v) is 7.14. The molecule has 2 rings (SSSR count). The summed E-state index contributed by atoms with van der Waals surface area (Å²) in [5, 5.41) is 0. The lowest BCUT2D eigenvalue weighted by Crippen LogP contribution is -2.35. The second kappa shape index (κ2) is 5.11. The second-order valence-electron chi connectivity index (χ2n) is 5.26. The highest BCUT2D eigenvalue weighted by molar-refractivity contribution is 7.89. The summed E-state index contributed by atoms with van der Waals surface area (Å²) in [6.07, 6.45) is 0.859. The van der Waals surface area contributed by atoms with Crippen LogP contribution in [0.15, 0.2) is 23.1 Å². The summed E-state index contributed by atoms with van der Waals surface area (Å²) >= 11 is 0. The van der Waals surface area contributed by atoms with Gasteiger partial charge in [0.15, 0.2) is 0 Å². The molecule has 106 valence electrons. The third-order valence-corrected chi connectivity index (χ3v) is 5.78. The van der Waals surface area contributed by atoms with E-state index in [4.69, 9.17) is 5.73 Å². The SMILES string of the molecule is Cc1cccc(N)c1S(=O)(=O)N1CCC(N(C)C)C1. The van der Waals surface area contributed by atoms with Crippen molar-refractivity contribution in [3.05, 3.63) is 23.8 Å². The van der Waals surface area contributed by atoms with Crippen LogP contribution >= 0.6 is 0 Å². The van der Waals surface area contributed by atoms with E-state index in [9.17, 15) is 8.42 Å². The average Bonchev–Trinajstić information content (AvgIpc) is 2.78. The van der Waals surface area contributed by atoms with Crippen molar-refractivity contribution >= 4 is 15.7 Å². The highest BCUT2D eigenvalue weighted by atomic mass is 32.2. The van der Waals surface area contributed by atoms with Crippen LogP contribution in [0.3, 0.4) is 0 Å². The van der Waals surface area contributed by atoms with E-state index in [2.05, 4.69) is 4.90 Å². The predicted octanol–water partition coefficient (Wildman–Crippen LogP) is 0.902. The summed E-state index contributed by atoms with van der Waals surface area (Å²) < 4.78 is 26.9.